The van der Waals surface area contributed by atoms with E-state index >= 15 is 0 Å². The van der Waals surface area contributed by atoms with Crippen LogP contribution in [0.5, 0.6) is 0 Å². The Balaban J connectivity index is 3.16. The lowest BCUT2D eigenvalue weighted by Gasteiger charge is -2.04. The van der Waals surface area contributed by atoms with Crippen LogP contribution in [0.4, 0.5) is 0 Å². The van der Waals surface area contributed by atoms with Gasteiger partial charge in [-0.2, -0.15) is 10.5 Å². The third-order valence-corrected chi connectivity index (χ3v) is 1.54. The van der Waals surface area contributed by atoms with Crippen molar-refractivity contribution in [2.75, 3.05) is 6.54 Å². The van der Waals surface area contributed by atoms with Gasteiger partial charge < -0.3 is 9.73 Å². The van der Waals surface area contributed by atoms with Gasteiger partial charge in [0, 0.05) is 6.54 Å². The Bertz CT molecular complexity index is 388. The second-order valence-corrected chi connectivity index (χ2v) is 2.38. The molecule has 69 valence electrons. The normalized spacial score (nSPS) is 8.50. The number of hydrogen-bond donors (Lipinski definition) is 1. The van der Waals surface area contributed by atoms with Gasteiger partial charge in [-0.15, -0.1) is 0 Å². The van der Waals surface area contributed by atoms with E-state index in [2.05, 4.69) is 12.2 Å². The zero-order valence-electron chi connectivity index (χ0n) is 7.45. The second kappa shape index (κ2) is 4.74. The lowest BCUT2D eigenvalue weighted by Crippen LogP contribution is -2.12. The fourth-order valence-corrected chi connectivity index (χ4v) is 0.981. The van der Waals surface area contributed by atoms with Crippen LogP contribution in [0, 0.1) is 29.6 Å². The summed E-state index contributed by atoms with van der Waals surface area (Å²) in [6.07, 6.45) is 1.48. The minimum Gasteiger partial charge on any atom is -0.463 e. The summed E-state index contributed by atoms with van der Waals surface area (Å²) < 4.78 is 5.08. The summed E-state index contributed by atoms with van der Waals surface area (Å²) in [5.74, 6) is 0.465. The van der Waals surface area contributed by atoms with Gasteiger partial charge in [0.05, 0.1) is 6.26 Å². The molecule has 0 fully saturated rings. The Morgan fingerprint density at radius 1 is 1.50 bits per heavy atom. The molecule has 0 amide bonds. The summed E-state index contributed by atoms with van der Waals surface area (Å²) >= 11 is 0. The fourth-order valence-electron chi connectivity index (χ4n) is 0.981. The summed E-state index contributed by atoms with van der Waals surface area (Å²) in [6.45, 7) is 3.96. The maximum Gasteiger partial charge on any atom is 0.156 e. The van der Waals surface area contributed by atoms with Gasteiger partial charge >= 0.3 is 0 Å². The third-order valence-electron chi connectivity index (χ3n) is 1.54. The quantitative estimate of drug-likeness (QED) is 0.725. The summed E-state index contributed by atoms with van der Waals surface area (Å²) in [4.78, 5) is 0. The molecule has 1 heterocycles. The highest BCUT2D eigenvalue weighted by molar-refractivity contribution is 5.71. The van der Waals surface area contributed by atoms with Gasteiger partial charge in [0.15, 0.2) is 11.3 Å². The number of nitriles is 2. The average Bonchev–Trinajstić information content (AvgIpc) is 2.71. The number of furan rings is 1. The van der Waals surface area contributed by atoms with Crippen molar-refractivity contribution in [1.82, 2.24) is 5.32 Å². The molecule has 14 heavy (non-hydrogen) atoms. The molecule has 0 unspecified atom stereocenters. The molecule has 0 aliphatic rings. The molecular weight excluding hydrogens is 178 g/mol. The fraction of sp³-hybridized carbons (Fsp3) is 0.100. The SMILES string of the molecule is [CH2]CNC(=C(C#N)C#N)c1ccco1. The molecule has 0 saturated carbocycles. The number of nitrogens with zero attached hydrogens (tertiary/aromatic N) is 2. The van der Waals surface area contributed by atoms with E-state index in [-0.39, 0.29) is 5.57 Å². The molecule has 0 atom stereocenters. The molecular formula is C10H8N3O. The van der Waals surface area contributed by atoms with Crippen LogP contribution >= 0.6 is 0 Å². The van der Waals surface area contributed by atoms with Gasteiger partial charge in [-0.1, -0.05) is 0 Å². The van der Waals surface area contributed by atoms with E-state index in [0.717, 1.165) is 0 Å². The molecule has 1 radical (unpaired) electrons. The van der Waals surface area contributed by atoms with Crippen LogP contribution in [-0.2, 0) is 0 Å². The van der Waals surface area contributed by atoms with Crippen LogP contribution in [0.2, 0.25) is 0 Å². The molecule has 0 spiro atoms. The van der Waals surface area contributed by atoms with Crippen molar-refractivity contribution >= 4 is 5.70 Å². The maximum atomic E-state index is 8.69. The van der Waals surface area contributed by atoms with E-state index < -0.39 is 0 Å². The Morgan fingerprint density at radius 2 is 2.21 bits per heavy atom. The van der Waals surface area contributed by atoms with Gasteiger partial charge in [-0.05, 0) is 19.1 Å². The monoisotopic (exact) mass is 186 g/mol. The van der Waals surface area contributed by atoms with Crippen molar-refractivity contribution in [1.29, 1.82) is 10.5 Å². The standard InChI is InChI=1S/C10H8N3O/c1-2-13-10(8(6-11)7-12)9-4-3-5-14-9/h3-5,13H,1-2H2. The first kappa shape index (κ1) is 9.88. The van der Waals surface area contributed by atoms with E-state index in [1.807, 2.05) is 0 Å². The molecule has 0 aromatic carbocycles. The van der Waals surface area contributed by atoms with Crippen molar-refractivity contribution < 1.29 is 4.42 Å². The highest BCUT2D eigenvalue weighted by Crippen LogP contribution is 2.15. The van der Waals surface area contributed by atoms with Crippen molar-refractivity contribution in [3.8, 4) is 12.1 Å². The molecule has 0 aliphatic heterocycles. The molecule has 4 nitrogen and oxygen atoms in total. The predicted molar refractivity (Wildman–Crippen MR) is 50.2 cm³/mol. The zero-order valence-corrected chi connectivity index (χ0v) is 7.45. The minimum atomic E-state index is -0.0106. The number of allylic oxidation sites excluding steroid dienone is 1. The van der Waals surface area contributed by atoms with Gasteiger partial charge in [-0.3, -0.25) is 0 Å². The zero-order chi connectivity index (χ0) is 10.4. The van der Waals surface area contributed by atoms with Crippen molar-refractivity contribution in [2.45, 2.75) is 0 Å². The maximum absolute atomic E-state index is 8.69. The van der Waals surface area contributed by atoms with Crippen molar-refractivity contribution in [3.05, 3.63) is 36.7 Å². The molecule has 0 bridgehead atoms. The molecule has 1 N–H and O–H groups in total. The number of nitrogens with one attached hydrogen (secondary N) is 1. The van der Waals surface area contributed by atoms with Gasteiger partial charge in [-0.25, -0.2) is 0 Å². The summed E-state index contributed by atoms with van der Waals surface area (Å²) in [5.41, 5.74) is 0.374. The first-order valence-electron chi connectivity index (χ1n) is 3.95. The van der Waals surface area contributed by atoms with Crippen LogP contribution in [0.15, 0.2) is 28.4 Å². The molecule has 0 aliphatic carbocycles. The minimum absolute atomic E-state index is 0.0106. The van der Waals surface area contributed by atoms with Crippen LogP contribution < -0.4 is 5.32 Å². The van der Waals surface area contributed by atoms with Crippen molar-refractivity contribution in [2.24, 2.45) is 0 Å². The van der Waals surface area contributed by atoms with Gasteiger partial charge in [0.2, 0.25) is 0 Å². The van der Waals surface area contributed by atoms with E-state index in [0.29, 0.717) is 18.0 Å². The Kier molecular flexibility index (Phi) is 3.34. The first-order valence-corrected chi connectivity index (χ1v) is 3.95. The summed E-state index contributed by atoms with van der Waals surface area (Å²) in [7, 11) is 0. The average molecular weight is 186 g/mol. The van der Waals surface area contributed by atoms with Gasteiger partial charge in [0.25, 0.3) is 0 Å². The predicted octanol–water partition coefficient (Wildman–Crippen LogP) is 1.46. The van der Waals surface area contributed by atoms with Crippen LogP contribution in [0.1, 0.15) is 5.76 Å². The topological polar surface area (TPSA) is 72.8 Å². The summed E-state index contributed by atoms with van der Waals surface area (Å²) in [6, 6.07) is 6.95. The molecule has 4 heteroatoms. The Labute approximate surface area is 82.1 Å². The second-order valence-electron chi connectivity index (χ2n) is 2.38. The van der Waals surface area contributed by atoms with E-state index in [1.54, 1.807) is 24.3 Å². The lowest BCUT2D eigenvalue weighted by atomic mass is 10.2. The summed E-state index contributed by atoms with van der Waals surface area (Å²) in [5, 5.41) is 20.2. The number of rotatable bonds is 3. The molecule has 1 aromatic rings. The largest absolute Gasteiger partial charge is 0.463 e. The Hall–Kier alpha value is -2.20. The highest BCUT2D eigenvalue weighted by Gasteiger charge is 2.10. The molecule has 1 rings (SSSR count). The van der Waals surface area contributed by atoms with Crippen LogP contribution in [0.25, 0.3) is 5.70 Å². The van der Waals surface area contributed by atoms with Crippen LogP contribution in [-0.4, -0.2) is 6.54 Å². The molecule has 0 saturated heterocycles. The smallest absolute Gasteiger partial charge is 0.156 e. The number of hydrogen-bond acceptors (Lipinski definition) is 4. The van der Waals surface area contributed by atoms with E-state index in [9.17, 15) is 0 Å². The van der Waals surface area contributed by atoms with E-state index in [4.69, 9.17) is 14.9 Å². The molecule has 1 aromatic heterocycles. The third kappa shape index (κ3) is 1.94. The van der Waals surface area contributed by atoms with E-state index in [1.165, 1.54) is 6.26 Å². The van der Waals surface area contributed by atoms with Gasteiger partial charge in [0.1, 0.15) is 17.8 Å². The lowest BCUT2D eigenvalue weighted by molar-refractivity contribution is 0.547. The van der Waals surface area contributed by atoms with Crippen molar-refractivity contribution in [3.63, 3.8) is 0 Å². The highest BCUT2D eigenvalue weighted by atomic mass is 16.3. The first-order chi connectivity index (χ1) is 6.83. The van der Waals surface area contributed by atoms with Crippen LogP contribution in [0.3, 0.4) is 0 Å². The Morgan fingerprint density at radius 3 is 2.64 bits per heavy atom.